The fourth-order valence-corrected chi connectivity index (χ4v) is 4.16. The molecule has 0 bridgehead atoms. The van der Waals surface area contributed by atoms with Gasteiger partial charge < -0.3 is 0 Å². The Hall–Kier alpha value is -1.97. The first-order valence-electron chi connectivity index (χ1n) is 8.56. The fraction of sp³-hybridized carbons (Fsp3) is 0.444. The highest BCUT2D eigenvalue weighted by molar-refractivity contribution is 8.00. The van der Waals surface area contributed by atoms with Gasteiger partial charge in [0.15, 0.2) is 11.5 Å². The highest BCUT2D eigenvalue weighted by Gasteiger charge is 2.37. The third-order valence-corrected chi connectivity index (χ3v) is 5.61. The molecule has 0 aliphatic heterocycles. The van der Waals surface area contributed by atoms with Crippen LogP contribution < -0.4 is 0 Å². The van der Waals surface area contributed by atoms with Crippen molar-refractivity contribution in [1.82, 2.24) is 9.78 Å². The first-order chi connectivity index (χ1) is 13.1. The molecule has 1 aromatic carbocycles. The van der Waals surface area contributed by atoms with E-state index in [9.17, 15) is 31.1 Å². The summed E-state index contributed by atoms with van der Waals surface area (Å²) in [5.74, 6) is -1.10. The predicted octanol–water partition coefficient (Wildman–Crippen LogP) is 6.01. The quantitative estimate of drug-likeness (QED) is 0.336. The summed E-state index contributed by atoms with van der Waals surface area (Å²) in [6.45, 7) is 0. The Kier molecular flexibility index (Phi) is 5.79. The van der Waals surface area contributed by atoms with Crippen molar-refractivity contribution >= 4 is 17.5 Å². The Bertz CT molecular complexity index is 852. The number of hydrogen-bond donors (Lipinski definition) is 0. The third-order valence-electron chi connectivity index (χ3n) is 4.53. The maximum Gasteiger partial charge on any atom is 0.435 e. The number of aromatic nitrogens is 2. The molecule has 1 aromatic heterocycles. The standard InChI is InChI=1S/C18H16F6N2OS/c19-17(20,21)12-7-3-4-8-15(12)28-10-14(27)13-9-16(18(22,23)24)25-26(13)11-5-1-2-6-11/h3-4,7-9,11H,1-2,5-6,10H2. The number of rotatable bonds is 5. The van der Waals surface area contributed by atoms with Crippen LogP contribution in [0.2, 0.25) is 0 Å². The molecule has 3 nitrogen and oxygen atoms in total. The zero-order chi connectivity index (χ0) is 20.5. The van der Waals surface area contributed by atoms with Crippen molar-refractivity contribution in [3.8, 4) is 0 Å². The lowest BCUT2D eigenvalue weighted by Gasteiger charge is -2.14. The molecule has 1 saturated carbocycles. The van der Waals surface area contributed by atoms with Crippen LogP contribution in [0.15, 0.2) is 35.2 Å². The van der Waals surface area contributed by atoms with Crippen molar-refractivity contribution in [2.75, 3.05) is 5.75 Å². The number of Topliss-reactive ketones (excluding diaryl/α,β-unsaturated/α-hetero) is 1. The minimum Gasteiger partial charge on any atom is -0.292 e. The van der Waals surface area contributed by atoms with Crippen LogP contribution in [0.3, 0.4) is 0 Å². The number of carbonyl (C=O) groups excluding carboxylic acids is 1. The third kappa shape index (κ3) is 4.53. The monoisotopic (exact) mass is 422 g/mol. The van der Waals surface area contributed by atoms with Crippen LogP contribution in [0.5, 0.6) is 0 Å². The molecule has 1 fully saturated rings. The van der Waals surface area contributed by atoms with E-state index in [0.717, 1.165) is 23.6 Å². The van der Waals surface area contributed by atoms with Gasteiger partial charge in [0.25, 0.3) is 0 Å². The van der Waals surface area contributed by atoms with Crippen molar-refractivity contribution in [1.29, 1.82) is 0 Å². The van der Waals surface area contributed by atoms with Crippen molar-refractivity contribution in [2.24, 2.45) is 0 Å². The second kappa shape index (κ2) is 7.81. The lowest BCUT2D eigenvalue weighted by molar-refractivity contribution is -0.141. The Morgan fingerprint density at radius 1 is 1.07 bits per heavy atom. The van der Waals surface area contributed by atoms with Gasteiger partial charge in [-0.2, -0.15) is 31.4 Å². The molecule has 0 saturated heterocycles. The first kappa shape index (κ1) is 20.8. The molecule has 3 rings (SSSR count). The first-order valence-corrected chi connectivity index (χ1v) is 9.55. The van der Waals surface area contributed by atoms with Crippen molar-refractivity contribution < 1.29 is 31.1 Å². The van der Waals surface area contributed by atoms with E-state index in [0.29, 0.717) is 30.7 Å². The van der Waals surface area contributed by atoms with E-state index in [1.807, 2.05) is 0 Å². The van der Waals surface area contributed by atoms with Gasteiger partial charge >= 0.3 is 12.4 Å². The topological polar surface area (TPSA) is 34.9 Å². The number of nitrogens with zero attached hydrogens (tertiary/aromatic N) is 2. The van der Waals surface area contributed by atoms with Gasteiger partial charge in [-0.3, -0.25) is 9.48 Å². The zero-order valence-corrected chi connectivity index (χ0v) is 15.3. The van der Waals surface area contributed by atoms with E-state index < -0.39 is 35.1 Å². The SMILES string of the molecule is O=C(CSc1ccccc1C(F)(F)F)c1cc(C(F)(F)F)nn1C1CCCC1. The van der Waals surface area contributed by atoms with Crippen LogP contribution >= 0.6 is 11.8 Å². The van der Waals surface area contributed by atoms with E-state index in [2.05, 4.69) is 5.10 Å². The number of benzene rings is 1. The minimum atomic E-state index is -4.70. The molecule has 0 N–H and O–H groups in total. The average molecular weight is 422 g/mol. The summed E-state index contributed by atoms with van der Waals surface area (Å²) in [5.41, 5.74) is -2.26. The van der Waals surface area contributed by atoms with Crippen molar-refractivity contribution in [3.63, 3.8) is 0 Å². The summed E-state index contributed by atoms with van der Waals surface area (Å²) in [5, 5.41) is 3.58. The predicted molar refractivity (Wildman–Crippen MR) is 91.2 cm³/mol. The maximum atomic E-state index is 13.1. The van der Waals surface area contributed by atoms with E-state index in [-0.39, 0.29) is 16.6 Å². The summed E-state index contributed by atoms with van der Waals surface area (Å²) in [4.78, 5) is 12.4. The van der Waals surface area contributed by atoms with Crippen molar-refractivity contribution in [3.05, 3.63) is 47.3 Å². The molecular weight excluding hydrogens is 406 g/mol. The van der Waals surface area contributed by atoms with Gasteiger partial charge in [0, 0.05) is 4.90 Å². The van der Waals surface area contributed by atoms with Crippen LogP contribution in [0.4, 0.5) is 26.3 Å². The molecular formula is C18H16F6N2OS. The largest absolute Gasteiger partial charge is 0.435 e. The molecule has 10 heteroatoms. The summed E-state index contributed by atoms with van der Waals surface area (Å²) in [6, 6.07) is 5.17. The Balaban J connectivity index is 1.84. The number of ketones is 1. The van der Waals surface area contributed by atoms with Crippen LogP contribution in [0, 0.1) is 0 Å². The molecule has 0 spiro atoms. The minimum absolute atomic E-state index is 0.147. The number of carbonyl (C=O) groups is 1. The highest BCUT2D eigenvalue weighted by atomic mass is 32.2. The molecule has 0 atom stereocenters. The molecule has 1 heterocycles. The lowest BCUT2D eigenvalue weighted by atomic mass is 10.2. The number of hydrogen-bond acceptors (Lipinski definition) is 3. The van der Waals surface area contributed by atoms with Gasteiger partial charge in [0.2, 0.25) is 0 Å². The molecule has 2 aromatic rings. The van der Waals surface area contributed by atoms with E-state index in [4.69, 9.17) is 0 Å². The van der Waals surface area contributed by atoms with Gasteiger partial charge in [0.05, 0.1) is 17.4 Å². The van der Waals surface area contributed by atoms with E-state index in [1.165, 1.54) is 18.2 Å². The number of halogens is 6. The average Bonchev–Trinajstić information content (AvgIpc) is 3.27. The smallest absolute Gasteiger partial charge is 0.292 e. The molecule has 1 aliphatic carbocycles. The van der Waals surface area contributed by atoms with Gasteiger partial charge in [-0.05, 0) is 31.0 Å². The van der Waals surface area contributed by atoms with Gasteiger partial charge in [-0.25, -0.2) is 0 Å². The second-order valence-corrected chi connectivity index (χ2v) is 7.52. The van der Waals surface area contributed by atoms with Crippen LogP contribution in [0.25, 0.3) is 0 Å². The fourth-order valence-electron chi connectivity index (χ4n) is 3.21. The van der Waals surface area contributed by atoms with Gasteiger partial charge in [0.1, 0.15) is 5.69 Å². The Labute approximate surface area is 161 Å². The van der Waals surface area contributed by atoms with Crippen LogP contribution in [-0.4, -0.2) is 21.3 Å². The molecule has 0 amide bonds. The lowest BCUT2D eigenvalue weighted by Crippen LogP contribution is -2.16. The Morgan fingerprint density at radius 2 is 1.71 bits per heavy atom. The van der Waals surface area contributed by atoms with Crippen LogP contribution in [-0.2, 0) is 12.4 Å². The van der Waals surface area contributed by atoms with E-state index in [1.54, 1.807) is 0 Å². The number of alkyl halides is 6. The molecule has 1 aliphatic rings. The molecule has 0 radical (unpaired) electrons. The number of thioether (sulfide) groups is 1. The molecule has 0 unspecified atom stereocenters. The second-order valence-electron chi connectivity index (χ2n) is 6.50. The molecule has 28 heavy (non-hydrogen) atoms. The summed E-state index contributed by atoms with van der Waals surface area (Å²) in [6.07, 6.45) is -6.40. The zero-order valence-electron chi connectivity index (χ0n) is 14.5. The summed E-state index contributed by atoms with van der Waals surface area (Å²) >= 11 is 0.653. The summed E-state index contributed by atoms with van der Waals surface area (Å²) in [7, 11) is 0. The van der Waals surface area contributed by atoms with Crippen LogP contribution in [0.1, 0.15) is 53.5 Å². The van der Waals surface area contributed by atoms with Gasteiger partial charge in [-0.1, -0.05) is 25.0 Å². The highest BCUT2D eigenvalue weighted by Crippen LogP contribution is 2.38. The normalized spacial score (nSPS) is 15.9. The Morgan fingerprint density at radius 3 is 2.32 bits per heavy atom. The van der Waals surface area contributed by atoms with Gasteiger partial charge in [-0.15, -0.1) is 11.8 Å². The maximum absolute atomic E-state index is 13.1. The summed E-state index contributed by atoms with van der Waals surface area (Å²) < 4.78 is 79.4. The molecule has 152 valence electrons. The van der Waals surface area contributed by atoms with E-state index >= 15 is 0 Å². The van der Waals surface area contributed by atoms with Crippen molar-refractivity contribution in [2.45, 2.75) is 49.0 Å².